The molecule has 1 unspecified atom stereocenters. The molecule has 0 radical (unpaired) electrons. The molecule has 1 saturated heterocycles. The predicted octanol–water partition coefficient (Wildman–Crippen LogP) is 2.54. The van der Waals surface area contributed by atoms with Crippen LogP contribution < -0.4 is 10.2 Å². The normalized spacial score (nSPS) is 18.8. The number of aromatic nitrogens is 2. The highest BCUT2D eigenvalue weighted by molar-refractivity contribution is 5.45. The third kappa shape index (κ3) is 3.96. The van der Waals surface area contributed by atoms with Crippen molar-refractivity contribution in [2.45, 2.75) is 32.0 Å². The van der Waals surface area contributed by atoms with Crippen LogP contribution in [-0.4, -0.2) is 42.8 Å². The van der Waals surface area contributed by atoms with E-state index >= 15 is 0 Å². The van der Waals surface area contributed by atoms with E-state index in [-0.39, 0.29) is 17.9 Å². The highest BCUT2D eigenvalue weighted by Gasteiger charge is 2.34. The van der Waals surface area contributed by atoms with Crippen molar-refractivity contribution < 1.29 is 17.9 Å². The Labute approximate surface area is 121 Å². The second-order valence-corrected chi connectivity index (χ2v) is 4.86. The van der Waals surface area contributed by atoms with Crippen LogP contribution in [-0.2, 0) is 10.9 Å². The molecule has 1 aliphatic rings. The molecule has 1 N–H and O–H groups in total. The molecule has 5 nitrogen and oxygen atoms in total. The first-order valence-electron chi connectivity index (χ1n) is 6.94. The number of ether oxygens (including phenoxy) is 1. The number of rotatable bonds is 5. The molecule has 118 valence electrons. The van der Waals surface area contributed by atoms with Crippen molar-refractivity contribution in [3.8, 4) is 0 Å². The lowest BCUT2D eigenvalue weighted by molar-refractivity contribution is -0.141. The van der Waals surface area contributed by atoms with Crippen molar-refractivity contribution in [3.63, 3.8) is 0 Å². The van der Waals surface area contributed by atoms with Crippen LogP contribution in [0.3, 0.4) is 0 Å². The van der Waals surface area contributed by atoms with E-state index in [2.05, 4.69) is 15.3 Å². The Hall–Kier alpha value is -1.57. The van der Waals surface area contributed by atoms with Gasteiger partial charge in [-0.2, -0.15) is 18.2 Å². The fraction of sp³-hybridized carbons (Fsp3) is 0.692. The Kier molecular flexibility index (Phi) is 4.87. The van der Waals surface area contributed by atoms with Gasteiger partial charge in [-0.1, -0.05) is 0 Å². The van der Waals surface area contributed by atoms with Gasteiger partial charge >= 0.3 is 6.18 Å². The van der Waals surface area contributed by atoms with Gasteiger partial charge in [-0.25, -0.2) is 4.98 Å². The summed E-state index contributed by atoms with van der Waals surface area (Å²) in [6, 6.07) is 0.985. The molecular weight excluding hydrogens is 285 g/mol. The molecule has 0 aromatic carbocycles. The zero-order valence-electron chi connectivity index (χ0n) is 12.1. The van der Waals surface area contributed by atoms with Crippen LogP contribution in [0.25, 0.3) is 0 Å². The summed E-state index contributed by atoms with van der Waals surface area (Å²) < 4.78 is 44.2. The first-order valence-corrected chi connectivity index (χ1v) is 6.94. The number of hydrogen-bond acceptors (Lipinski definition) is 5. The van der Waals surface area contributed by atoms with E-state index in [1.807, 2.05) is 6.92 Å². The molecule has 0 spiro atoms. The number of likely N-dealkylation sites (N-methyl/N-ethyl adjacent to an activating group) is 1. The van der Waals surface area contributed by atoms with E-state index in [0.717, 1.165) is 18.9 Å². The van der Waals surface area contributed by atoms with Gasteiger partial charge in [0.25, 0.3) is 0 Å². The van der Waals surface area contributed by atoms with E-state index in [4.69, 9.17) is 4.74 Å². The van der Waals surface area contributed by atoms with Crippen molar-refractivity contribution in [1.29, 1.82) is 0 Å². The minimum atomic E-state index is -4.49. The van der Waals surface area contributed by atoms with Crippen molar-refractivity contribution in [3.05, 3.63) is 11.8 Å². The number of nitrogens with one attached hydrogen (secondary N) is 1. The topological polar surface area (TPSA) is 50.3 Å². The van der Waals surface area contributed by atoms with Crippen molar-refractivity contribution in [1.82, 2.24) is 9.97 Å². The Morgan fingerprint density at radius 3 is 2.71 bits per heavy atom. The molecule has 1 aliphatic heterocycles. The summed E-state index contributed by atoms with van der Waals surface area (Å²) in [7, 11) is 1.50. The molecule has 2 heterocycles. The smallest absolute Gasteiger partial charge is 0.376 e. The maximum absolute atomic E-state index is 12.9. The minimum absolute atomic E-state index is 0.0365. The maximum atomic E-state index is 12.9. The second-order valence-electron chi connectivity index (χ2n) is 4.86. The van der Waals surface area contributed by atoms with E-state index in [1.54, 1.807) is 4.90 Å². The Morgan fingerprint density at radius 2 is 2.19 bits per heavy atom. The van der Waals surface area contributed by atoms with E-state index in [1.165, 1.54) is 7.05 Å². The molecular formula is C13H19F3N4O. The van der Waals surface area contributed by atoms with Crippen LogP contribution in [0, 0.1) is 0 Å². The monoisotopic (exact) mass is 304 g/mol. The van der Waals surface area contributed by atoms with Crippen LogP contribution in [0.5, 0.6) is 0 Å². The zero-order chi connectivity index (χ0) is 15.5. The Balaban J connectivity index is 2.26. The van der Waals surface area contributed by atoms with Crippen molar-refractivity contribution in [2.24, 2.45) is 0 Å². The number of hydrogen-bond donors (Lipinski definition) is 1. The quantitative estimate of drug-likeness (QED) is 0.906. The van der Waals surface area contributed by atoms with Crippen LogP contribution in [0.15, 0.2) is 6.07 Å². The molecule has 0 aliphatic carbocycles. The fourth-order valence-corrected chi connectivity index (χ4v) is 2.27. The predicted molar refractivity (Wildman–Crippen MR) is 73.4 cm³/mol. The number of anilines is 2. The molecule has 1 aromatic heterocycles. The van der Waals surface area contributed by atoms with Gasteiger partial charge in [0.15, 0.2) is 5.69 Å². The summed E-state index contributed by atoms with van der Waals surface area (Å²) in [4.78, 5) is 9.38. The third-order valence-electron chi connectivity index (χ3n) is 3.38. The largest absolute Gasteiger partial charge is 0.433 e. The molecule has 2 rings (SSSR count). The summed E-state index contributed by atoms with van der Waals surface area (Å²) in [5.41, 5.74) is -0.942. The molecule has 0 saturated carbocycles. The SMILES string of the molecule is CCN(CC1CCCO1)c1cc(C(F)(F)F)nc(NC)n1. The number of alkyl halides is 3. The molecule has 1 fully saturated rings. The van der Waals surface area contributed by atoms with Crippen LogP contribution in [0.1, 0.15) is 25.5 Å². The van der Waals surface area contributed by atoms with Gasteiger partial charge in [-0.05, 0) is 19.8 Å². The van der Waals surface area contributed by atoms with Crippen LogP contribution in [0.4, 0.5) is 24.9 Å². The fourth-order valence-electron chi connectivity index (χ4n) is 2.27. The van der Waals surface area contributed by atoms with E-state index < -0.39 is 11.9 Å². The lowest BCUT2D eigenvalue weighted by Gasteiger charge is -2.25. The van der Waals surface area contributed by atoms with Gasteiger partial charge in [0, 0.05) is 32.8 Å². The summed E-state index contributed by atoms with van der Waals surface area (Å²) in [5.74, 6) is 0.227. The van der Waals surface area contributed by atoms with Crippen LogP contribution >= 0.6 is 0 Å². The highest BCUT2D eigenvalue weighted by atomic mass is 19.4. The molecule has 1 aromatic rings. The summed E-state index contributed by atoms with van der Waals surface area (Å²) in [6.07, 6.45) is -2.53. The van der Waals surface area contributed by atoms with Gasteiger partial charge in [0.2, 0.25) is 5.95 Å². The van der Waals surface area contributed by atoms with Crippen molar-refractivity contribution in [2.75, 3.05) is 37.0 Å². The van der Waals surface area contributed by atoms with Gasteiger partial charge in [-0.3, -0.25) is 0 Å². The zero-order valence-corrected chi connectivity index (χ0v) is 12.1. The minimum Gasteiger partial charge on any atom is -0.376 e. The summed E-state index contributed by atoms with van der Waals surface area (Å²) >= 11 is 0. The second kappa shape index (κ2) is 6.46. The Bertz CT molecular complexity index is 475. The average molecular weight is 304 g/mol. The standard InChI is InChI=1S/C13H19F3N4O/c1-3-20(8-9-5-4-6-21-9)11-7-10(13(14,15)16)18-12(17-2)19-11/h7,9H,3-6,8H2,1-2H3,(H,17,18,19). The summed E-state index contributed by atoms with van der Waals surface area (Å²) in [6.45, 7) is 3.68. The first kappa shape index (κ1) is 15.8. The van der Waals surface area contributed by atoms with Gasteiger partial charge in [0.05, 0.1) is 6.10 Å². The molecule has 8 heteroatoms. The van der Waals surface area contributed by atoms with Gasteiger partial charge < -0.3 is 15.0 Å². The third-order valence-corrected chi connectivity index (χ3v) is 3.38. The lowest BCUT2D eigenvalue weighted by atomic mass is 10.2. The Morgan fingerprint density at radius 1 is 1.43 bits per heavy atom. The highest BCUT2D eigenvalue weighted by Crippen LogP contribution is 2.30. The molecule has 0 amide bonds. The number of nitrogens with zero attached hydrogens (tertiary/aromatic N) is 3. The van der Waals surface area contributed by atoms with E-state index in [0.29, 0.717) is 19.7 Å². The maximum Gasteiger partial charge on any atom is 0.433 e. The molecule has 1 atom stereocenters. The molecule has 0 bridgehead atoms. The van der Waals surface area contributed by atoms with E-state index in [9.17, 15) is 13.2 Å². The van der Waals surface area contributed by atoms with Gasteiger partial charge in [-0.15, -0.1) is 0 Å². The van der Waals surface area contributed by atoms with Crippen molar-refractivity contribution >= 4 is 11.8 Å². The average Bonchev–Trinajstić information content (AvgIpc) is 2.96. The van der Waals surface area contributed by atoms with Crippen LogP contribution in [0.2, 0.25) is 0 Å². The lowest BCUT2D eigenvalue weighted by Crippen LogP contribution is -2.33. The number of halogens is 3. The van der Waals surface area contributed by atoms with Gasteiger partial charge in [0.1, 0.15) is 5.82 Å². The molecule has 21 heavy (non-hydrogen) atoms. The summed E-state index contributed by atoms with van der Waals surface area (Å²) in [5, 5.41) is 2.57. The first-order chi connectivity index (χ1) is 9.94.